The highest BCUT2D eigenvalue weighted by molar-refractivity contribution is 6.45. The second-order valence-corrected chi connectivity index (χ2v) is 6.21. The van der Waals surface area contributed by atoms with Crippen molar-refractivity contribution in [2.75, 3.05) is 5.32 Å². The first-order valence-corrected chi connectivity index (χ1v) is 8.45. The third kappa shape index (κ3) is 4.37. The third-order valence-corrected chi connectivity index (χ3v) is 3.96. The van der Waals surface area contributed by atoms with Crippen molar-refractivity contribution in [2.45, 2.75) is 13.8 Å². The number of nitrogens with one attached hydrogen (secondary N) is 1. The molecule has 0 aliphatic rings. The van der Waals surface area contributed by atoms with Crippen molar-refractivity contribution < 1.29 is 18.4 Å². The van der Waals surface area contributed by atoms with Crippen molar-refractivity contribution in [3.63, 3.8) is 0 Å². The maximum absolute atomic E-state index is 14.4. The van der Waals surface area contributed by atoms with E-state index in [2.05, 4.69) is 10.4 Å². The van der Waals surface area contributed by atoms with Gasteiger partial charge in [0.2, 0.25) is 5.78 Å². The van der Waals surface area contributed by atoms with Gasteiger partial charge in [0.05, 0.1) is 5.69 Å². The first-order chi connectivity index (χ1) is 13.3. The number of hydrogen-bond acceptors (Lipinski definition) is 3. The first kappa shape index (κ1) is 19.2. The van der Waals surface area contributed by atoms with E-state index >= 15 is 0 Å². The maximum atomic E-state index is 14.4. The van der Waals surface area contributed by atoms with E-state index in [1.54, 1.807) is 13.8 Å². The molecule has 142 valence electrons. The Balaban J connectivity index is 1.70. The van der Waals surface area contributed by atoms with Crippen LogP contribution in [0.15, 0.2) is 54.6 Å². The number of anilines is 1. The van der Waals surface area contributed by atoms with Crippen LogP contribution in [0.3, 0.4) is 0 Å². The summed E-state index contributed by atoms with van der Waals surface area (Å²) in [7, 11) is 0. The molecule has 0 atom stereocenters. The number of benzene rings is 2. The highest BCUT2D eigenvalue weighted by atomic mass is 19.1. The molecule has 0 bridgehead atoms. The fourth-order valence-corrected chi connectivity index (χ4v) is 2.64. The summed E-state index contributed by atoms with van der Waals surface area (Å²) in [5, 5.41) is 6.58. The van der Waals surface area contributed by atoms with Crippen molar-refractivity contribution in [3.05, 3.63) is 83.2 Å². The first-order valence-electron chi connectivity index (χ1n) is 8.45. The monoisotopic (exact) mass is 381 g/mol. The molecule has 3 rings (SSSR count). The number of amides is 1. The van der Waals surface area contributed by atoms with Crippen LogP contribution in [-0.4, -0.2) is 21.5 Å². The van der Waals surface area contributed by atoms with Crippen LogP contribution >= 0.6 is 0 Å². The number of carbonyl (C=O) groups is 2. The Morgan fingerprint density at radius 1 is 1.04 bits per heavy atom. The van der Waals surface area contributed by atoms with Gasteiger partial charge in [-0.25, -0.2) is 13.5 Å². The van der Waals surface area contributed by atoms with E-state index in [1.807, 2.05) is 6.07 Å². The molecule has 5 nitrogen and oxygen atoms in total. The molecule has 1 amide bonds. The zero-order chi connectivity index (χ0) is 20.3. The maximum Gasteiger partial charge on any atom is 0.296 e. The summed E-state index contributed by atoms with van der Waals surface area (Å²) in [5.74, 6) is -2.70. The summed E-state index contributed by atoms with van der Waals surface area (Å²) >= 11 is 0. The van der Waals surface area contributed by atoms with Gasteiger partial charge < -0.3 is 5.32 Å². The molecule has 0 saturated heterocycles. The van der Waals surface area contributed by atoms with Crippen LogP contribution in [0.4, 0.5) is 14.5 Å². The van der Waals surface area contributed by atoms with E-state index in [0.717, 1.165) is 23.5 Å². The van der Waals surface area contributed by atoms with Gasteiger partial charge in [0.1, 0.15) is 11.5 Å². The fourth-order valence-electron chi connectivity index (χ4n) is 2.64. The minimum atomic E-state index is -0.906. The van der Waals surface area contributed by atoms with E-state index in [0.29, 0.717) is 5.56 Å². The quantitative estimate of drug-likeness (QED) is 0.537. The van der Waals surface area contributed by atoms with Gasteiger partial charge in [0, 0.05) is 11.4 Å². The summed E-state index contributed by atoms with van der Waals surface area (Å²) in [4.78, 5) is 23.9. The lowest BCUT2D eigenvalue weighted by Crippen LogP contribution is -2.20. The van der Waals surface area contributed by atoms with E-state index in [9.17, 15) is 18.4 Å². The molecule has 28 heavy (non-hydrogen) atoms. The third-order valence-electron chi connectivity index (χ3n) is 3.96. The largest absolute Gasteiger partial charge is 0.319 e. The van der Waals surface area contributed by atoms with Crippen molar-refractivity contribution in [2.24, 2.45) is 0 Å². The van der Waals surface area contributed by atoms with Crippen LogP contribution in [0, 0.1) is 25.5 Å². The molecule has 0 unspecified atom stereocenters. The molecule has 0 radical (unpaired) electrons. The standard InChI is InChI=1S/C21H17F2N3O2/c1-13-11-14(2)26(25-13)19-9-8-17(12-18(19)23)24-21(28)20(27)10-5-15-3-6-16(22)7-4-15/h3-12H,1-2H3,(H,24,28). The van der Waals surface area contributed by atoms with Crippen molar-refractivity contribution >= 4 is 23.5 Å². The molecule has 0 fully saturated rings. The molecule has 1 heterocycles. The Bertz CT molecular complexity index is 1070. The molecule has 0 spiro atoms. The number of carbonyl (C=O) groups excluding carboxylic acids is 2. The lowest BCUT2D eigenvalue weighted by Gasteiger charge is -2.08. The normalized spacial score (nSPS) is 11.0. The van der Waals surface area contributed by atoms with Crippen molar-refractivity contribution in [1.82, 2.24) is 9.78 Å². The molecule has 0 aliphatic heterocycles. The highest BCUT2D eigenvalue weighted by Gasteiger charge is 2.14. The molecule has 1 aromatic heterocycles. The topological polar surface area (TPSA) is 64.0 Å². The Morgan fingerprint density at radius 2 is 1.75 bits per heavy atom. The van der Waals surface area contributed by atoms with Gasteiger partial charge in [-0.3, -0.25) is 9.59 Å². The lowest BCUT2D eigenvalue weighted by atomic mass is 10.2. The van der Waals surface area contributed by atoms with Crippen LogP contribution in [0.2, 0.25) is 0 Å². The van der Waals surface area contributed by atoms with Crippen molar-refractivity contribution in [1.29, 1.82) is 0 Å². The summed E-state index contributed by atoms with van der Waals surface area (Å²) in [6.07, 6.45) is 2.47. The van der Waals surface area contributed by atoms with E-state index in [-0.39, 0.29) is 11.4 Å². The van der Waals surface area contributed by atoms with Gasteiger partial charge in [0.15, 0.2) is 5.82 Å². The molecule has 7 heteroatoms. The lowest BCUT2D eigenvalue weighted by molar-refractivity contribution is -0.131. The van der Waals surface area contributed by atoms with Gasteiger partial charge in [-0.15, -0.1) is 0 Å². The molecular formula is C21H17F2N3O2. The molecule has 0 aliphatic carbocycles. The Labute approximate surface area is 160 Å². The van der Waals surface area contributed by atoms with E-state index < -0.39 is 23.3 Å². The fraction of sp³-hybridized carbons (Fsp3) is 0.0952. The Kier molecular flexibility index (Phi) is 5.44. The van der Waals surface area contributed by atoms with Gasteiger partial charge >= 0.3 is 0 Å². The van der Waals surface area contributed by atoms with Crippen LogP contribution in [0.1, 0.15) is 17.0 Å². The number of nitrogens with zero attached hydrogens (tertiary/aromatic N) is 2. The average molecular weight is 381 g/mol. The predicted molar refractivity (Wildman–Crippen MR) is 102 cm³/mol. The van der Waals surface area contributed by atoms with Crippen molar-refractivity contribution in [3.8, 4) is 5.69 Å². The number of aryl methyl sites for hydroxylation is 2. The van der Waals surface area contributed by atoms with Gasteiger partial charge in [-0.1, -0.05) is 18.2 Å². The zero-order valence-corrected chi connectivity index (χ0v) is 15.2. The van der Waals surface area contributed by atoms with Gasteiger partial charge in [-0.05, 0) is 61.9 Å². The van der Waals surface area contributed by atoms with Gasteiger partial charge in [0.25, 0.3) is 5.91 Å². The number of ketones is 1. The minimum Gasteiger partial charge on any atom is -0.319 e. The zero-order valence-electron chi connectivity index (χ0n) is 15.2. The number of rotatable bonds is 5. The number of hydrogen-bond donors (Lipinski definition) is 1. The second-order valence-electron chi connectivity index (χ2n) is 6.21. The second kappa shape index (κ2) is 7.96. The minimum absolute atomic E-state index is 0.149. The molecule has 3 aromatic rings. The van der Waals surface area contributed by atoms with E-state index in [4.69, 9.17) is 0 Å². The summed E-state index contributed by atoms with van der Waals surface area (Å²) in [6, 6.07) is 11.4. The summed E-state index contributed by atoms with van der Waals surface area (Å²) < 4.78 is 28.8. The van der Waals surface area contributed by atoms with E-state index in [1.165, 1.54) is 47.2 Å². The average Bonchev–Trinajstić information content (AvgIpc) is 2.99. The molecule has 0 saturated carbocycles. The molecule has 1 N–H and O–H groups in total. The van der Waals surface area contributed by atoms with Crippen LogP contribution < -0.4 is 5.32 Å². The predicted octanol–water partition coefficient (Wildman–Crippen LogP) is 3.99. The molecular weight excluding hydrogens is 364 g/mol. The summed E-state index contributed by atoms with van der Waals surface area (Å²) in [6.45, 7) is 3.61. The SMILES string of the molecule is Cc1cc(C)n(-c2ccc(NC(=O)C(=O)C=Cc3ccc(F)cc3)cc2F)n1. The number of halogens is 2. The van der Waals surface area contributed by atoms with Crippen LogP contribution in [-0.2, 0) is 9.59 Å². The Hall–Kier alpha value is -3.61. The van der Waals surface area contributed by atoms with Crippen LogP contribution in [0.5, 0.6) is 0 Å². The smallest absolute Gasteiger partial charge is 0.296 e. The molecule has 2 aromatic carbocycles. The van der Waals surface area contributed by atoms with Crippen LogP contribution in [0.25, 0.3) is 11.8 Å². The highest BCUT2D eigenvalue weighted by Crippen LogP contribution is 2.20. The van der Waals surface area contributed by atoms with Gasteiger partial charge in [-0.2, -0.15) is 5.10 Å². The number of aromatic nitrogens is 2. The summed E-state index contributed by atoms with van der Waals surface area (Å²) in [5.41, 5.74) is 2.49. The Morgan fingerprint density at radius 3 is 2.36 bits per heavy atom.